The Labute approximate surface area is 137 Å². The highest BCUT2D eigenvalue weighted by molar-refractivity contribution is 7.80. The molecule has 0 saturated carbocycles. The average molecular weight is 320 g/mol. The second-order valence-corrected chi connectivity index (χ2v) is 6.00. The van der Waals surface area contributed by atoms with E-state index >= 15 is 0 Å². The SMILES string of the molecule is CC(=NNC(=S)NCC1CCCO1)c1ccc(N(C)C)cc1. The van der Waals surface area contributed by atoms with Crippen molar-refractivity contribution in [2.45, 2.75) is 25.9 Å². The maximum absolute atomic E-state index is 5.54. The number of benzene rings is 1. The first-order valence-corrected chi connectivity index (χ1v) is 7.94. The molecule has 1 aromatic rings. The normalized spacial score (nSPS) is 18.1. The Kier molecular flexibility index (Phi) is 6.15. The summed E-state index contributed by atoms with van der Waals surface area (Å²) in [5, 5.41) is 7.99. The maximum atomic E-state index is 5.54. The summed E-state index contributed by atoms with van der Waals surface area (Å²) < 4.78 is 5.54. The summed E-state index contributed by atoms with van der Waals surface area (Å²) >= 11 is 5.22. The number of anilines is 1. The molecule has 1 aromatic carbocycles. The fourth-order valence-corrected chi connectivity index (χ4v) is 2.38. The average Bonchev–Trinajstić information content (AvgIpc) is 3.04. The lowest BCUT2D eigenvalue weighted by Gasteiger charge is -2.13. The van der Waals surface area contributed by atoms with Gasteiger partial charge in [-0.25, -0.2) is 0 Å². The molecular weight excluding hydrogens is 296 g/mol. The van der Waals surface area contributed by atoms with Gasteiger partial charge in [-0.3, -0.25) is 5.43 Å². The highest BCUT2D eigenvalue weighted by Crippen LogP contribution is 2.13. The van der Waals surface area contributed by atoms with Gasteiger partial charge in [0.15, 0.2) is 5.11 Å². The molecule has 1 fully saturated rings. The van der Waals surface area contributed by atoms with Crippen molar-refractivity contribution < 1.29 is 4.74 Å². The largest absolute Gasteiger partial charge is 0.378 e. The molecule has 1 aliphatic heterocycles. The van der Waals surface area contributed by atoms with Crippen LogP contribution in [0, 0.1) is 0 Å². The Balaban J connectivity index is 1.81. The summed E-state index contributed by atoms with van der Waals surface area (Å²) in [4.78, 5) is 2.07. The minimum atomic E-state index is 0.267. The predicted molar refractivity (Wildman–Crippen MR) is 95.7 cm³/mol. The molecule has 1 atom stereocenters. The molecule has 22 heavy (non-hydrogen) atoms. The van der Waals surface area contributed by atoms with Gasteiger partial charge in [-0.2, -0.15) is 5.10 Å². The lowest BCUT2D eigenvalue weighted by molar-refractivity contribution is 0.114. The van der Waals surface area contributed by atoms with Crippen LogP contribution in [0.1, 0.15) is 25.3 Å². The molecule has 120 valence electrons. The molecule has 0 aliphatic carbocycles. The van der Waals surface area contributed by atoms with Crippen molar-refractivity contribution in [3.8, 4) is 0 Å². The van der Waals surface area contributed by atoms with E-state index < -0.39 is 0 Å². The second-order valence-electron chi connectivity index (χ2n) is 5.60. The van der Waals surface area contributed by atoms with Gasteiger partial charge in [0.05, 0.1) is 11.8 Å². The summed E-state index contributed by atoms with van der Waals surface area (Å²) in [5.74, 6) is 0. The van der Waals surface area contributed by atoms with E-state index in [9.17, 15) is 0 Å². The van der Waals surface area contributed by atoms with Crippen molar-refractivity contribution in [1.82, 2.24) is 10.7 Å². The molecule has 2 N–H and O–H groups in total. The standard InChI is InChI=1S/C16H24N4OS/c1-12(13-6-8-14(9-7-13)20(2)3)18-19-16(22)17-11-15-5-4-10-21-15/h6-9,15H,4-5,10-11H2,1-3H3,(H2,17,19,22). The van der Waals surface area contributed by atoms with Crippen LogP contribution in [0.4, 0.5) is 5.69 Å². The number of ether oxygens (including phenoxy) is 1. The van der Waals surface area contributed by atoms with Crippen molar-refractivity contribution in [1.29, 1.82) is 0 Å². The lowest BCUT2D eigenvalue weighted by Crippen LogP contribution is -2.37. The number of nitrogens with zero attached hydrogens (tertiary/aromatic N) is 2. The van der Waals surface area contributed by atoms with Crippen molar-refractivity contribution >= 4 is 28.7 Å². The first kappa shape index (κ1) is 16.7. The minimum Gasteiger partial charge on any atom is -0.378 e. The van der Waals surface area contributed by atoms with Crippen LogP contribution in [0.2, 0.25) is 0 Å². The molecule has 1 saturated heterocycles. The summed E-state index contributed by atoms with van der Waals surface area (Å²) in [6.45, 7) is 3.55. The molecule has 0 aromatic heterocycles. The smallest absolute Gasteiger partial charge is 0.187 e. The van der Waals surface area contributed by atoms with E-state index in [1.165, 1.54) is 5.69 Å². The molecule has 1 unspecified atom stereocenters. The fraction of sp³-hybridized carbons (Fsp3) is 0.500. The third-order valence-corrected chi connectivity index (χ3v) is 3.88. The van der Waals surface area contributed by atoms with Gasteiger partial charge < -0.3 is 15.0 Å². The van der Waals surface area contributed by atoms with Gasteiger partial charge in [-0.15, -0.1) is 0 Å². The summed E-state index contributed by atoms with van der Waals surface area (Å²) in [5.41, 5.74) is 6.01. The van der Waals surface area contributed by atoms with E-state index in [1.807, 2.05) is 21.0 Å². The van der Waals surface area contributed by atoms with E-state index in [2.05, 4.69) is 45.0 Å². The number of rotatable bonds is 5. The quantitative estimate of drug-likeness (QED) is 0.494. The number of thiocarbonyl (C=S) groups is 1. The molecule has 0 radical (unpaired) electrons. The van der Waals surface area contributed by atoms with Crippen molar-refractivity contribution in [3.05, 3.63) is 29.8 Å². The van der Waals surface area contributed by atoms with Crippen LogP contribution < -0.4 is 15.6 Å². The third-order valence-electron chi connectivity index (χ3n) is 3.64. The van der Waals surface area contributed by atoms with Crippen LogP contribution >= 0.6 is 12.2 Å². The Morgan fingerprint density at radius 3 is 2.68 bits per heavy atom. The molecule has 5 nitrogen and oxygen atoms in total. The zero-order valence-electron chi connectivity index (χ0n) is 13.4. The minimum absolute atomic E-state index is 0.267. The second kappa shape index (κ2) is 8.10. The number of hydrogen-bond donors (Lipinski definition) is 2. The van der Waals surface area contributed by atoms with E-state index in [0.717, 1.165) is 37.3 Å². The first-order valence-electron chi connectivity index (χ1n) is 7.54. The monoisotopic (exact) mass is 320 g/mol. The number of nitrogens with one attached hydrogen (secondary N) is 2. The van der Waals surface area contributed by atoms with Gasteiger partial charge in [-0.05, 0) is 49.7 Å². The van der Waals surface area contributed by atoms with Crippen LogP contribution in [-0.2, 0) is 4.74 Å². The summed E-state index contributed by atoms with van der Waals surface area (Å²) in [6.07, 6.45) is 2.49. The highest BCUT2D eigenvalue weighted by atomic mass is 32.1. The zero-order chi connectivity index (χ0) is 15.9. The number of hydrogen-bond acceptors (Lipinski definition) is 4. The van der Waals surface area contributed by atoms with E-state index in [4.69, 9.17) is 17.0 Å². The third kappa shape index (κ3) is 4.96. The summed E-state index contributed by atoms with van der Waals surface area (Å²) in [7, 11) is 4.05. The van der Waals surface area contributed by atoms with Crippen molar-refractivity contribution in [3.63, 3.8) is 0 Å². The molecule has 0 amide bonds. The molecule has 0 spiro atoms. The van der Waals surface area contributed by atoms with Crippen LogP contribution in [0.5, 0.6) is 0 Å². The summed E-state index contributed by atoms with van der Waals surface area (Å²) in [6, 6.07) is 8.25. The topological polar surface area (TPSA) is 48.9 Å². The fourth-order valence-electron chi connectivity index (χ4n) is 2.25. The zero-order valence-corrected chi connectivity index (χ0v) is 14.2. The molecule has 6 heteroatoms. The van der Waals surface area contributed by atoms with Crippen molar-refractivity contribution in [2.24, 2.45) is 5.10 Å². The number of hydrazone groups is 1. The molecule has 1 aliphatic rings. The van der Waals surface area contributed by atoms with Crippen LogP contribution in [-0.4, -0.2) is 44.2 Å². The lowest BCUT2D eigenvalue weighted by atomic mass is 10.1. The van der Waals surface area contributed by atoms with Crippen LogP contribution in [0.15, 0.2) is 29.4 Å². The van der Waals surface area contributed by atoms with E-state index in [0.29, 0.717) is 5.11 Å². The Hall–Kier alpha value is -1.66. The van der Waals surface area contributed by atoms with E-state index in [-0.39, 0.29) is 6.10 Å². The van der Waals surface area contributed by atoms with Gasteiger partial charge in [0.25, 0.3) is 0 Å². The molecule has 0 bridgehead atoms. The predicted octanol–water partition coefficient (Wildman–Crippen LogP) is 2.12. The Bertz CT molecular complexity index is 521. The van der Waals surface area contributed by atoms with Crippen molar-refractivity contribution in [2.75, 3.05) is 32.1 Å². The van der Waals surface area contributed by atoms with Crippen LogP contribution in [0.25, 0.3) is 0 Å². The van der Waals surface area contributed by atoms with Gasteiger partial charge in [-0.1, -0.05) is 12.1 Å². The molecular formula is C16H24N4OS. The van der Waals surface area contributed by atoms with Crippen LogP contribution in [0.3, 0.4) is 0 Å². The van der Waals surface area contributed by atoms with Gasteiger partial charge in [0, 0.05) is 32.9 Å². The molecule has 2 rings (SSSR count). The van der Waals surface area contributed by atoms with Gasteiger partial charge in [0.2, 0.25) is 0 Å². The van der Waals surface area contributed by atoms with Gasteiger partial charge in [0.1, 0.15) is 0 Å². The maximum Gasteiger partial charge on any atom is 0.187 e. The Morgan fingerprint density at radius 1 is 1.36 bits per heavy atom. The Morgan fingerprint density at radius 2 is 2.09 bits per heavy atom. The molecule has 1 heterocycles. The van der Waals surface area contributed by atoms with E-state index in [1.54, 1.807) is 0 Å². The first-order chi connectivity index (χ1) is 10.6. The highest BCUT2D eigenvalue weighted by Gasteiger charge is 2.15. The van der Waals surface area contributed by atoms with Gasteiger partial charge >= 0.3 is 0 Å².